The number of ether oxygens (including phenoxy) is 2. The van der Waals surface area contributed by atoms with Crippen molar-refractivity contribution in [2.24, 2.45) is 0 Å². The van der Waals surface area contributed by atoms with Gasteiger partial charge in [0.05, 0.1) is 19.8 Å². The van der Waals surface area contributed by atoms with Crippen molar-refractivity contribution >= 4 is 23.2 Å². The highest BCUT2D eigenvalue weighted by molar-refractivity contribution is 6.01. The maximum Gasteiger partial charge on any atom is 0.416 e. The standard InChI is InChI=1S/C37H49F3N4O3/c1-5-6-7-8-9-10-11-12-13-14-15-16-22-43(30-19-20-32(46-3)33(26-30)47-4)36(45)31-24-28-18-17-21-41-35(28)44(31)34-25-29(37(38,39)40)23-27(2)42-34/h17-21,23,25-26,31H,5-16,22,24H2,1-4H3. The molecule has 0 saturated heterocycles. The number of aryl methyl sites for hydroxylation is 1. The lowest BCUT2D eigenvalue weighted by Gasteiger charge is -2.31. The van der Waals surface area contributed by atoms with E-state index in [9.17, 15) is 18.0 Å². The summed E-state index contributed by atoms with van der Waals surface area (Å²) in [4.78, 5) is 26.8. The normalized spacial score (nSPS) is 14.3. The fraction of sp³-hybridized carbons (Fsp3) is 0.541. The number of pyridine rings is 2. The van der Waals surface area contributed by atoms with E-state index in [4.69, 9.17) is 9.47 Å². The van der Waals surface area contributed by atoms with Crippen LogP contribution >= 0.6 is 0 Å². The van der Waals surface area contributed by atoms with E-state index in [-0.39, 0.29) is 17.4 Å². The number of hydrogen-bond acceptors (Lipinski definition) is 6. The number of carbonyl (C=O) groups is 1. The molecular weight excluding hydrogens is 605 g/mol. The first-order valence-electron chi connectivity index (χ1n) is 17.0. The molecule has 3 heterocycles. The number of hydrogen-bond donors (Lipinski definition) is 0. The maximum absolute atomic E-state index is 14.6. The summed E-state index contributed by atoms with van der Waals surface area (Å²) in [5.41, 5.74) is 0.801. The van der Waals surface area contributed by atoms with Crippen molar-refractivity contribution in [2.75, 3.05) is 30.6 Å². The molecule has 1 atom stereocenters. The highest BCUT2D eigenvalue weighted by Crippen LogP contribution is 2.40. The molecule has 3 aromatic rings. The molecule has 10 heteroatoms. The largest absolute Gasteiger partial charge is 0.493 e. The molecule has 7 nitrogen and oxygen atoms in total. The Morgan fingerprint density at radius 2 is 1.53 bits per heavy atom. The predicted molar refractivity (Wildman–Crippen MR) is 181 cm³/mol. The molecule has 1 unspecified atom stereocenters. The number of alkyl halides is 3. The van der Waals surface area contributed by atoms with Crippen LogP contribution in [0.15, 0.2) is 48.7 Å². The summed E-state index contributed by atoms with van der Waals surface area (Å²) in [7, 11) is 3.10. The lowest BCUT2D eigenvalue weighted by Crippen LogP contribution is -2.47. The van der Waals surface area contributed by atoms with Crippen molar-refractivity contribution in [1.82, 2.24) is 9.97 Å². The van der Waals surface area contributed by atoms with Gasteiger partial charge in [-0.25, -0.2) is 9.97 Å². The van der Waals surface area contributed by atoms with Crippen molar-refractivity contribution in [2.45, 2.75) is 110 Å². The molecule has 1 aliphatic rings. The van der Waals surface area contributed by atoms with E-state index >= 15 is 0 Å². The van der Waals surface area contributed by atoms with Gasteiger partial charge in [-0.3, -0.25) is 9.69 Å². The van der Waals surface area contributed by atoms with Crippen LogP contribution in [0.1, 0.15) is 101 Å². The molecule has 1 aliphatic heterocycles. The molecular formula is C37H49F3N4O3. The Balaban J connectivity index is 1.53. The number of benzene rings is 1. The number of nitrogens with zero attached hydrogens (tertiary/aromatic N) is 4. The summed E-state index contributed by atoms with van der Waals surface area (Å²) in [6.45, 7) is 4.21. The quantitative estimate of drug-likeness (QED) is 0.127. The van der Waals surface area contributed by atoms with Crippen molar-refractivity contribution in [3.63, 3.8) is 0 Å². The van der Waals surface area contributed by atoms with Gasteiger partial charge in [0.25, 0.3) is 5.91 Å². The number of halogens is 3. The molecule has 0 aliphatic carbocycles. The number of rotatable bonds is 18. The van der Waals surface area contributed by atoms with E-state index in [2.05, 4.69) is 16.9 Å². The van der Waals surface area contributed by atoms with Gasteiger partial charge in [-0.2, -0.15) is 13.2 Å². The SMILES string of the molecule is CCCCCCCCCCCCCCN(C(=O)C1Cc2cccnc2N1c1cc(C(F)(F)F)cc(C)n1)c1ccc(OC)c(OC)c1. The van der Waals surface area contributed by atoms with Gasteiger partial charge in [0, 0.05) is 36.6 Å². The first-order valence-corrected chi connectivity index (χ1v) is 17.0. The van der Waals surface area contributed by atoms with Crippen molar-refractivity contribution in [1.29, 1.82) is 0 Å². The number of aromatic nitrogens is 2. The van der Waals surface area contributed by atoms with E-state index < -0.39 is 17.8 Å². The lowest BCUT2D eigenvalue weighted by atomic mass is 10.0. The molecule has 0 spiro atoms. The Bertz CT molecular complexity index is 1450. The van der Waals surface area contributed by atoms with Crippen molar-refractivity contribution in [3.05, 3.63) is 65.5 Å². The first kappa shape index (κ1) is 36.0. The zero-order valence-corrected chi connectivity index (χ0v) is 28.2. The molecule has 256 valence electrons. The molecule has 0 fully saturated rings. The van der Waals surface area contributed by atoms with Gasteiger partial charge in [-0.15, -0.1) is 0 Å². The summed E-state index contributed by atoms with van der Waals surface area (Å²) < 4.78 is 52.5. The highest BCUT2D eigenvalue weighted by atomic mass is 19.4. The van der Waals surface area contributed by atoms with Gasteiger partial charge in [0.1, 0.15) is 17.7 Å². The monoisotopic (exact) mass is 654 g/mol. The van der Waals surface area contributed by atoms with Crippen LogP contribution in [-0.2, 0) is 17.4 Å². The molecule has 4 rings (SSSR count). The fourth-order valence-electron chi connectivity index (χ4n) is 6.31. The van der Waals surface area contributed by atoms with E-state index in [1.807, 2.05) is 12.1 Å². The zero-order valence-electron chi connectivity index (χ0n) is 28.2. The van der Waals surface area contributed by atoms with Crippen molar-refractivity contribution < 1.29 is 27.4 Å². The zero-order chi connectivity index (χ0) is 33.8. The molecule has 0 bridgehead atoms. The van der Waals surface area contributed by atoms with Crippen LogP contribution in [0.3, 0.4) is 0 Å². The average molecular weight is 655 g/mol. The maximum atomic E-state index is 14.6. The molecule has 47 heavy (non-hydrogen) atoms. The molecule has 1 amide bonds. The van der Waals surface area contributed by atoms with E-state index in [1.165, 1.54) is 58.3 Å². The minimum Gasteiger partial charge on any atom is -0.493 e. The van der Waals surface area contributed by atoms with Gasteiger partial charge in [-0.05, 0) is 49.2 Å². The number of unbranched alkanes of at least 4 members (excludes halogenated alkanes) is 11. The topological polar surface area (TPSA) is 67.8 Å². The van der Waals surface area contributed by atoms with Gasteiger partial charge in [-0.1, -0.05) is 83.6 Å². The summed E-state index contributed by atoms with van der Waals surface area (Å²) >= 11 is 0. The smallest absolute Gasteiger partial charge is 0.416 e. The third-order valence-electron chi connectivity index (χ3n) is 8.80. The number of fused-ring (bicyclic) bond motifs is 1. The molecule has 0 radical (unpaired) electrons. The van der Waals surface area contributed by atoms with Crippen molar-refractivity contribution in [3.8, 4) is 11.5 Å². The minimum atomic E-state index is -4.56. The molecule has 0 N–H and O–H groups in total. The third-order valence-corrected chi connectivity index (χ3v) is 8.80. The average Bonchev–Trinajstić information content (AvgIpc) is 3.45. The second-order valence-corrected chi connectivity index (χ2v) is 12.3. The number of amides is 1. The number of anilines is 3. The Hall–Kier alpha value is -3.82. The van der Waals surface area contributed by atoms with E-state index in [0.29, 0.717) is 36.0 Å². The predicted octanol–water partition coefficient (Wildman–Crippen LogP) is 9.62. The molecule has 2 aromatic heterocycles. The summed E-state index contributed by atoms with van der Waals surface area (Å²) in [5, 5.41) is 0. The Labute approximate surface area is 277 Å². The van der Waals surface area contributed by atoms with E-state index in [0.717, 1.165) is 43.4 Å². The lowest BCUT2D eigenvalue weighted by molar-refractivity contribution is -0.137. The fourth-order valence-corrected chi connectivity index (χ4v) is 6.31. The van der Waals surface area contributed by atoms with Crippen LogP contribution in [0.25, 0.3) is 0 Å². The van der Waals surface area contributed by atoms with Crippen LogP contribution in [0.4, 0.5) is 30.5 Å². The molecule has 0 saturated carbocycles. The van der Waals surface area contributed by atoms with Gasteiger partial charge in [0.2, 0.25) is 0 Å². The van der Waals surface area contributed by atoms with Crippen LogP contribution in [0, 0.1) is 6.92 Å². The highest BCUT2D eigenvalue weighted by Gasteiger charge is 2.41. The summed E-state index contributed by atoms with van der Waals surface area (Å²) in [6.07, 6.45) is 11.7. The first-order chi connectivity index (χ1) is 22.7. The van der Waals surface area contributed by atoms with E-state index in [1.54, 1.807) is 48.4 Å². The van der Waals surface area contributed by atoms with Crippen LogP contribution in [0.5, 0.6) is 11.5 Å². The Morgan fingerprint density at radius 1 is 0.894 bits per heavy atom. The minimum absolute atomic E-state index is 0.0470. The second kappa shape index (κ2) is 17.4. The van der Waals surface area contributed by atoms with Gasteiger partial charge >= 0.3 is 6.18 Å². The Kier molecular flexibility index (Phi) is 13.3. The van der Waals surface area contributed by atoms with Crippen LogP contribution in [-0.4, -0.2) is 42.7 Å². The number of carbonyl (C=O) groups excluding carboxylic acids is 1. The summed E-state index contributed by atoms with van der Waals surface area (Å²) in [5.74, 6) is 1.27. The van der Waals surface area contributed by atoms with Crippen LogP contribution in [0.2, 0.25) is 0 Å². The van der Waals surface area contributed by atoms with Gasteiger partial charge in [0.15, 0.2) is 11.5 Å². The molecule has 1 aromatic carbocycles. The third kappa shape index (κ3) is 9.61. The Morgan fingerprint density at radius 3 is 2.15 bits per heavy atom. The summed E-state index contributed by atoms with van der Waals surface area (Å²) in [6, 6.07) is 10.2. The number of methoxy groups -OCH3 is 2. The van der Waals surface area contributed by atoms with Gasteiger partial charge < -0.3 is 14.4 Å². The second-order valence-electron chi connectivity index (χ2n) is 12.3. The van der Waals surface area contributed by atoms with Crippen LogP contribution < -0.4 is 19.3 Å².